The highest BCUT2D eigenvalue weighted by atomic mass is 16.5. The van der Waals surface area contributed by atoms with Crippen molar-refractivity contribution in [2.24, 2.45) is 7.05 Å². The predicted molar refractivity (Wildman–Crippen MR) is 109 cm³/mol. The Labute approximate surface area is 166 Å². The third-order valence-corrected chi connectivity index (χ3v) is 5.49. The molecule has 0 radical (unpaired) electrons. The average molecular weight is 391 g/mol. The van der Waals surface area contributed by atoms with Crippen LogP contribution in [0.3, 0.4) is 0 Å². The second kappa shape index (κ2) is 6.93. The Kier molecular flexibility index (Phi) is 4.24. The second-order valence-electron chi connectivity index (χ2n) is 7.34. The molecular formula is C20H21N7O2. The van der Waals surface area contributed by atoms with Crippen LogP contribution in [0.1, 0.15) is 24.4 Å². The average Bonchev–Trinajstić information content (AvgIpc) is 2.99. The molecule has 5 rings (SSSR count). The lowest BCUT2D eigenvalue weighted by molar-refractivity contribution is 0.0695. The molecule has 3 aromatic heterocycles. The third kappa shape index (κ3) is 3.03. The van der Waals surface area contributed by atoms with E-state index < -0.39 is 0 Å². The highest BCUT2D eigenvalue weighted by Gasteiger charge is 2.23. The molecule has 1 aliphatic heterocycles. The number of nitrogens with one attached hydrogen (secondary N) is 1. The molecule has 29 heavy (non-hydrogen) atoms. The van der Waals surface area contributed by atoms with Crippen LogP contribution in [0.2, 0.25) is 0 Å². The highest BCUT2D eigenvalue weighted by molar-refractivity contribution is 5.84. The molecule has 0 atom stereocenters. The van der Waals surface area contributed by atoms with Crippen LogP contribution in [0.25, 0.3) is 22.1 Å². The van der Waals surface area contributed by atoms with Gasteiger partial charge in [-0.25, -0.2) is 9.78 Å². The van der Waals surface area contributed by atoms with Gasteiger partial charge in [0.1, 0.15) is 5.52 Å². The van der Waals surface area contributed by atoms with E-state index in [0.29, 0.717) is 24.8 Å². The van der Waals surface area contributed by atoms with Crippen LogP contribution < -0.4 is 11.0 Å². The lowest BCUT2D eigenvalue weighted by atomic mass is 10.1. The summed E-state index contributed by atoms with van der Waals surface area (Å²) in [5.74, 6) is 0.452. The van der Waals surface area contributed by atoms with Crippen LogP contribution in [-0.2, 0) is 11.8 Å². The molecule has 0 amide bonds. The van der Waals surface area contributed by atoms with Crippen molar-refractivity contribution in [3.8, 4) is 0 Å². The van der Waals surface area contributed by atoms with Gasteiger partial charge in [0.05, 0.1) is 17.9 Å². The van der Waals surface area contributed by atoms with Gasteiger partial charge in [-0.05, 0) is 43.5 Å². The van der Waals surface area contributed by atoms with E-state index in [-0.39, 0.29) is 11.7 Å². The van der Waals surface area contributed by atoms with Gasteiger partial charge in [0.25, 0.3) is 0 Å². The maximum atomic E-state index is 12.8. The molecule has 148 valence electrons. The summed E-state index contributed by atoms with van der Waals surface area (Å²) in [6.07, 6.45) is 4.97. The van der Waals surface area contributed by atoms with Gasteiger partial charge in [-0.3, -0.25) is 9.13 Å². The molecule has 0 unspecified atom stereocenters. The molecular weight excluding hydrogens is 370 g/mol. The van der Waals surface area contributed by atoms with Gasteiger partial charge in [-0.15, -0.1) is 0 Å². The normalized spacial score (nSPS) is 15.2. The zero-order chi connectivity index (χ0) is 20.0. The Morgan fingerprint density at radius 1 is 1.24 bits per heavy atom. The Balaban J connectivity index is 1.58. The number of imidazole rings is 1. The fraction of sp³-hybridized carbons (Fsp3) is 0.350. The molecule has 0 spiro atoms. The van der Waals surface area contributed by atoms with Crippen molar-refractivity contribution >= 4 is 33.7 Å². The summed E-state index contributed by atoms with van der Waals surface area (Å²) in [5.41, 5.74) is 4.03. The lowest BCUT2D eigenvalue weighted by Crippen LogP contribution is -2.30. The number of hydrogen-bond acceptors (Lipinski definition) is 7. The molecule has 1 N–H and O–H groups in total. The number of rotatable bonds is 3. The van der Waals surface area contributed by atoms with Gasteiger partial charge < -0.3 is 10.1 Å². The van der Waals surface area contributed by atoms with E-state index in [1.807, 2.05) is 25.1 Å². The van der Waals surface area contributed by atoms with Gasteiger partial charge in [0, 0.05) is 37.4 Å². The number of benzene rings is 1. The molecule has 4 heterocycles. The van der Waals surface area contributed by atoms with E-state index in [1.54, 1.807) is 28.6 Å². The van der Waals surface area contributed by atoms with Crippen molar-refractivity contribution in [1.82, 2.24) is 29.3 Å². The minimum absolute atomic E-state index is 0.0705. The lowest BCUT2D eigenvalue weighted by Gasteiger charge is -2.22. The van der Waals surface area contributed by atoms with Crippen molar-refractivity contribution < 1.29 is 4.74 Å². The van der Waals surface area contributed by atoms with Crippen LogP contribution >= 0.6 is 0 Å². The van der Waals surface area contributed by atoms with Crippen LogP contribution in [0, 0.1) is 6.92 Å². The smallest absolute Gasteiger partial charge is 0.330 e. The topological polar surface area (TPSA) is 99.8 Å². The minimum Gasteiger partial charge on any atom is -0.381 e. The first-order valence-corrected chi connectivity index (χ1v) is 9.62. The molecule has 1 aliphatic rings. The number of aromatic nitrogens is 6. The van der Waals surface area contributed by atoms with Crippen molar-refractivity contribution in [1.29, 1.82) is 0 Å². The fourth-order valence-corrected chi connectivity index (χ4v) is 3.86. The van der Waals surface area contributed by atoms with E-state index >= 15 is 0 Å². The summed E-state index contributed by atoms with van der Waals surface area (Å²) in [6, 6.07) is 5.98. The van der Waals surface area contributed by atoms with Crippen molar-refractivity contribution in [2.45, 2.75) is 25.8 Å². The Bertz CT molecular complexity index is 1270. The van der Waals surface area contributed by atoms with Crippen LogP contribution in [0.5, 0.6) is 0 Å². The predicted octanol–water partition coefficient (Wildman–Crippen LogP) is 2.48. The molecule has 4 aromatic rings. The van der Waals surface area contributed by atoms with Crippen LogP contribution in [0.4, 0.5) is 11.6 Å². The quantitative estimate of drug-likeness (QED) is 0.573. The number of anilines is 2. The minimum atomic E-state index is -0.0705. The molecule has 1 fully saturated rings. The molecule has 0 aliphatic carbocycles. The standard InChI is InChI=1S/C20H21N7O2/c1-12-9-16-13(3-6-22-25-16)10-15(12)23-19-21-11-17-18(24-19)27(20(28)26(17)2)14-4-7-29-8-5-14/h3,6,9-11,14H,4-5,7-8H2,1-2H3,(H,21,23,24). The van der Waals surface area contributed by atoms with Crippen LogP contribution in [-0.4, -0.2) is 42.5 Å². The van der Waals surface area contributed by atoms with Gasteiger partial charge in [-0.2, -0.15) is 15.2 Å². The summed E-state index contributed by atoms with van der Waals surface area (Å²) in [6.45, 7) is 3.31. The highest BCUT2D eigenvalue weighted by Crippen LogP contribution is 2.26. The first-order chi connectivity index (χ1) is 14.1. The molecule has 0 bridgehead atoms. The number of fused-ring (bicyclic) bond motifs is 2. The summed E-state index contributed by atoms with van der Waals surface area (Å²) < 4.78 is 8.85. The van der Waals surface area contributed by atoms with Gasteiger partial charge >= 0.3 is 5.69 Å². The monoisotopic (exact) mass is 391 g/mol. The Hall–Kier alpha value is -3.33. The summed E-state index contributed by atoms with van der Waals surface area (Å²) >= 11 is 0. The Morgan fingerprint density at radius 3 is 2.90 bits per heavy atom. The third-order valence-electron chi connectivity index (χ3n) is 5.49. The van der Waals surface area contributed by atoms with Crippen molar-refractivity contribution in [2.75, 3.05) is 18.5 Å². The summed E-state index contributed by atoms with van der Waals surface area (Å²) in [5, 5.41) is 12.3. The van der Waals surface area contributed by atoms with E-state index in [2.05, 4.69) is 20.5 Å². The maximum Gasteiger partial charge on any atom is 0.330 e. The van der Waals surface area contributed by atoms with Gasteiger partial charge in [0.2, 0.25) is 5.95 Å². The van der Waals surface area contributed by atoms with E-state index in [9.17, 15) is 4.79 Å². The zero-order valence-electron chi connectivity index (χ0n) is 16.3. The molecule has 9 nitrogen and oxygen atoms in total. The largest absolute Gasteiger partial charge is 0.381 e. The SMILES string of the molecule is Cc1cc2nnccc2cc1Nc1ncc2c(n1)n(C1CCOCC1)c(=O)n2C. The first-order valence-electron chi connectivity index (χ1n) is 9.62. The summed E-state index contributed by atoms with van der Waals surface area (Å²) in [4.78, 5) is 22.0. The van der Waals surface area contributed by atoms with E-state index in [1.165, 1.54) is 0 Å². The molecule has 9 heteroatoms. The second-order valence-corrected chi connectivity index (χ2v) is 7.34. The molecule has 1 aromatic carbocycles. The number of nitrogens with zero attached hydrogens (tertiary/aromatic N) is 6. The molecule has 0 saturated carbocycles. The number of hydrogen-bond donors (Lipinski definition) is 1. The van der Waals surface area contributed by atoms with Crippen molar-refractivity contribution in [3.05, 3.63) is 46.6 Å². The first kappa shape index (κ1) is 17.7. The van der Waals surface area contributed by atoms with Crippen molar-refractivity contribution in [3.63, 3.8) is 0 Å². The van der Waals surface area contributed by atoms with Crippen LogP contribution in [0.15, 0.2) is 35.4 Å². The van der Waals surface area contributed by atoms with E-state index in [0.717, 1.165) is 40.5 Å². The number of aryl methyl sites for hydroxylation is 2. The van der Waals surface area contributed by atoms with Gasteiger partial charge in [-0.1, -0.05) is 0 Å². The molecule has 1 saturated heterocycles. The Morgan fingerprint density at radius 2 is 2.07 bits per heavy atom. The van der Waals surface area contributed by atoms with E-state index in [4.69, 9.17) is 9.72 Å². The zero-order valence-corrected chi connectivity index (χ0v) is 16.3. The summed E-state index contributed by atoms with van der Waals surface area (Å²) in [7, 11) is 1.76. The van der Waals surface area contributed by atoms with Gasteiger partial charge in [0.15, 0.2) is 5.65 Å². The fourth-order valence-electron chi connectivity index (χ4n) is 3.86. The maximum absolute atomic E-state index is 12.8. The number of ether oxygens (including phenoxy) is 1.